The quantitative estimate of drug-likeness (QED) is 0.855. The van der Waals surface area contributed by atoms with Gasteiger partial charge in [0.25, 0.3) is 10.1 Å². The average Bonchev–Trinajstić information content (AvgIpc) is 2.61. The van der Waals surface area contributed by atoms with E-state index in [9.17, 15) is 21.6 Å². The van der Waals surface area contributed by atoms with E-state index in [0.29, 0.717) is 11.4 Å². The Labute approximate surface area is 127 Å². The topological polar surface area (TPSA) is 60.9 Å². The van der Waals surface area contributed by atoms with Gasteiger partial charge in [-0.05, 0) is 31.5 Å². The summed E-state index contributed by atoms with van der Waals surface area (Å²) in [5, 5.41) is 0. The molecule has 1 aliphatic heterocycles. The fourth-order valence-electron chi connectivity index (χ4n) is 2.56. The Balaban J connectivity index is 2.26. The van der Waals surface area contributed by atoms with Gasteiger partial charge >= 0.3 is 6.18 Å². The zero-order valence-electron chi connectivity index (χ0n) is 12.1. The molecule has 0 saturated carbocycles. The van der Waals surface area contributed by atoms with Gasteiger partial charge in [0, 0.05) is 13.6 Å². The van der Waals surface area contributed by atoms with E-state index in [4.69, 9.17) is 4.55 Å². The largest absolute Gasteiger partial charge is 0.416 e. The molecule has 2 rings (SSSR count). The van der Waals surface area contributed by atoms with Gasteiger partial charge in [-0.3, -0.25) is 4.55 Å². The lowest BCUT2D eigenvalue weighted by molar-refractivity contribution is -0.137. The molecule has 0 fully saturated rings. The van der Waals surface area contributed by atoms with Crippen LogP contribution in [0, 0.1) is 0 Å². The van der Waals surface area contributed by atoms with Crippen LogP contribution in [0.15, 0.2) is 18.2 Å². The number of benzene rings is 1. The Morgan fingerprint density at radius 2 is 1.91 bits per heavy atom. The molecule has 1 atom stereocenters. The summed E-state index contributed by atoms with van der Waals surface area (Å²) in [6.45, 7) is 2.06. The summed E-state index contributed by atoms with van der Waals surface area (Å²) >= 11 is 0. The number of anilines is 2. The maximum Gasteiger partial charge on any atom is 0.416 e. The molecule has 1 aromatic rings. The Hall–Kier alpha value is -1.48. The predicted octanol–water partition coefficient (Wildman–Crippen LogP) is 2.59. The molecule has 1 aliphatic rings. The molecule has 0 saturated heterocycles. The van der Waals surface area contributed by atoms with Gasteiger partial charge in [-0.1, -0.05) is 0 Å². The number of hydrogen-bond donors (Lipinski definition) is 1. The van der Waals surface area contributed by atoms with Crippen molar-refractivity contribution in [1.29, 1.82) is 0 Å². The van der Waals surface area contributed by atoms with Crippen LogP contribution >= 0.6 is 0 Å². The lowest BCUT2D eigenvalue weighted by atomic mass is 10.1. The molecule has 0 amide bonds. The third-order valence-corrected chi connectivity index (χ3v) is 4.61. The first-order valence-corrected chi connectivity index (χ1v) is 8.27. The Bertz CT molecular complexity index is 661. The summed E-state index contributed by atoms with van der Waals surface area (Å²) in [7, 11) is -2.31. The van der Waals surface area contributed by atoms with Gasteiger partial charge in [0.05, 0.1) is 28.9 Å². The van der Waals surface area contributed by atoms with Crippen molar-refractivity contribution in [3.05, 3.63) is 23.8 Å². The third kappa shape index (κ3) is 3.46. The lowest BCUT2D eigenvalue weighted by Gasteiger charge is -2.27. The van der Waals surface area contributed by atoms with Crippen molar-refractivity contribution in [2.24, 2.45) is 0 Å². The molecule has 5 nitrogen and oxygen atoms in total. The normalized spacial score (nSPS) is 18.7. The van der Waals surface area contributed by atoms with Crippen LogP contribution in [0.4, 0.5) is 24.5 Å². The fraction of sp³-hybridized carbons (Fsp3) is 0.538. The summed E-state index contributed by atoms with van der Waals surface area (Å²) in [6, 6.07) is 3.52. The van der Waals surface area contributed by atoms with Crippen LogP contribution in [-0.2, 0) is 16.3 Å². The first-order valence-electron chi connectivity index (χ1n) is 6.66. The van der Waals surface area contributed by atoms with Crippen LogP contribution in [0.25, 0.3) is 0 Å². The highest BCUT2D eigenvalue weighted by molar-refractivity contribution is 7.85. The zero-order valence-corrected chi connectivity index (χ0v) is 12.9. The molecule has 0 bridgehead atoms. The number of hydrogen-bond acceptors (Lipinski definition) is 4. The standard InChI is InChI=1S/C13H17F3N2O3S/c1-9-17(2)11-5-4-10(13(14,15)16)8-12(11)18(9)6-3-7-22(19,20)21/h4-5,8-9H,3,6-7H2,1-2H3,(H,19,20,21). The second-order valence-electron chi connectivity index (χ2n) is 5.28. The van der Waals surface area contributed by atoms with E-state index >= 15 is 0 Å². The summed E-state index contributed by atoms with van der Waals surface area (Å²) < 4.78 is 68.8. The van der Waals surface area contributed by atoms with E-state index in [2.05, 4.69) is 0 Å². The van der Waals surface area contributed by atoms with Crippen molar-refractivity contribution in [3.63, 3.8) is 0 Å². The van der Waals surface area contributed by atoms with E-state index in [1.165, 1.54) is 6.07 Å². The second-order valence-corrected chi connectivity index (χ2v) is 6.85. The summed E-state index contributed by atoms with van der Waals surface area (Å²) in [5.74, 6) is -0.422. The first-order chi connectivity index (χ1) is 10.0. The van der Waals surface area contributed by atoms with Crippen molar-refractivity contribution in [3.8, 4) is 0 Å². The maximum absolute atomic E-state index is 12.8. The molecule has 1 aromatic carbocycles. The van der Waals surface area contributed by atoms with Crippen LogP contribution in [0.2, 0.25) is 0 Å². The van der Waals surface area contributed by atoms with E-state index < -0.39 is 27.6 Å². The van der Waals surface area contributed by atoms with Gasteiger partial charge in [0.15, 0.2) is 0 Å². The monoisotopic (exact) mass is 338 g/mol. The minimum atomic E-state index is -4.43. The van der Waals surface area contributed by atoms with Crippen LogP contribution in [-0.4, -0.2) is 38.5 Å². The van der Waals surface area contributed by atoms with Crippen LogP contribution in [0.3, 0.4) is 0 Å². The van der Waals surface area contributed by atoms with E-state index in [1.807, 2.05) is 11.8 Å². The highest BCUT2D eigenvalue weighted by Gasteiger charge is 2.35. The van der Waals surface area contributed by atoms with Gasteiger partial charge < -0.3 is 9.80 Å². The molecule has 0 spiro atoms. The lowest BCUT2D eigenvalue weighted by Crippen LogP contribution is -2.39. The molecule has 0 aromatic heterocycles. The van der Waals surface area contributed by atoms with Crippen molar-refractivity contribution < 1.29 is 26.1 Å². The maximum atomic E-state index is 12.8. The highest BCUT2D eigenvalue weighted by atomic mass is 32.2. The Morgan fingerprint density at radius 3 is 2.45 bits per heavy atom. The minimum absolute atomic E-state index is 0.132. The minimum Gasteiger partial charge on any atom is -0.353 e. The van der Waals surface area contributed by atoms with Crippen molar-refractivity contribution in [2.45, 2.75) is 25.7 Å². The van der Waals surface area contributed by atoms with Gasteiger partial charge in [-0.2, -0.15) is 21.6 Å². The molecule has 9 heteroatoms. The molecule has 22 heavy (non-hydrogen) atoms. The summed E-state index contributed by atoms with van der Waals surface area (Å²) in [4.78, 5) is 3.53. The molecule has 1 unspecified atom stereocenters. The SMILES string of the molecule is CC1N(C)c2ccc(C(F)(F)F)cc2N1CCCS(=O)(=O)O. The molecule has 0 radical (unpaired) electrons. The fourth-order valence-corrected chi connectivity index (χ4v) is 3.06. The zero-order chi connectivity index (χ0) is 16.7. The van der Waals surface area contributed by atoms with Gasteiger partial charge in [0.1, 0.15) is 0 Å². The second kappa shape index (κ2) is 5.62. The molecule has 1 N–H and O–H groups in total. The van der Waals surface area contributed by atoms with Crippen LogP contribution in [0.5, 0.6) is 0 Å². The molecular formula is C13H17F3N2O3S. The number of fused-ring (bicyclic) bond motifs is 1. The Kier molecular flexibility index (Phi) is 4.31. The molecule has 1 heterocycles. The number of halogens is 3. The van der Waals surface area contributed by atoms with Gasteiger partial charge in [-0.15, -0.1) is 0 Å². The number of rotatable bonds is 4. The van der Waals surface area contributed by atoms with Crippen LogP contribution < -0.4 is 9.80 Å². The smallest absolute Gasteiger partial charge is 0.353 e. The van der Waals surface area contributed by atoms with Crippen molar-refractivity contribution in [1.82, 2.24) is 0 Å². The van der Waals surface area contributed by atoms with Gasteiger partial charge in [-0.25, -0.2) is 0 Å². The van der Waals surface area contributed by atoms with E-state index in [-0.39, 0.29) is 19.1 Å². The highest BCUT2D eigenvalue weighted by Crippen LogP contribution is 2.42. The predicted molar refractivity (Wildman–Crippen MR) is 77.7 cm³/mol. The molecule has 124 valence electrons. The number of alkyl halides is 3. The van der Waals surface area contributed by atoms with E-state index in [0.717, 1.165) is 12.1 Å². The average molecular weight is 338 g/mol. The van der Waals surface area contributed by atoms with Crippen LogP contribution in [0.1, 0.15) is 18.9 Å². The van der Waals surface area contributed by atoms with Crippen molar-refractivity contribution in [2.75, 3.05) is 29.1 Å². The molecular weight excluding hydrogens is 321 g/mol. The van der Waals surface area contributed by atoms with Gasteiger partial charge in [0.2, 0.25) is 0 Å². The summed E-state index contributed by atoms with van der Waals surface area (Å²) in [5.41, 5.74) is 0.334. The first kappa shape index (κ1) is 16.9. The Morgan fingerprint density at radius 1 is 1.27 bits per heavy atom. The third-order valence-electron chi connectivity index (χ3n) is 3.81. The molecule has 0 aliphatic carbocycles. The number of nitrogens with zero attached hydrogens (tertiary/aromatic N) is 2. The van der Waals surface area contributed by atoms with E-state index in [1.54, 1.807) is 11.9 Å². The van der Waals surface area contributed by atoms with Crippen molar-refractivity contribution >= 4 is 21.5 Å². The summed E-state index contributed by atoms with van der Waals surface area (Å²) in [6.07, 6.45) is -4.49.